The molecule has 1 N–H and O–H groups in total. The number of rotatable bonds is 7. The third-order valence-electron chi connectivity index (χ3n) is 5.00. The number of hydrogen-bond acceptors (Lipinski definition) is 5. The SMILES string of the molecule is CCc1ccc(NC(=O)COc2ccc(/C=C3\SC(=S)N(c4ccccc4)C3=O)cc2)cc1. The normalized spacial score (nSPS) is 14.6. The molecule has 1 aliphatic rings. The quantitative estimate of drug-likeness (QED) is 0.353. The lowest BCUT2D eigenvalue weighted by Gasteiger charge is -2.13. The number of benzene rings is 3. The van der Waals surface area contributed by atoms with Gasteiger partial charge in [-0.2, -0.15) is 0 Å². The number of aryl methyl sites for hydroxylation is 1. The van der Waals surface area contributed by atoms with Crippen LogP contribution in [0.25, 0.3) is 6.08 Å². The van der Waals surface area contributed by atoms with Gasteiger partial charge in [-0.1, -0.05) is 73.4 Å². The Labute approximate surface area is 202 Å². The summed E-state index contributed by atoms with van der Waals surface area (Å²) < 4.78 is 6.10. The van der Waals surface area contributed by atoms with Crippen molar-refractivity contribution >= 4 is 57.6 Å². The molecule has 1 saturated heterocycles. The molecule has 166 valence electrons. The second-order valence-corrected chi connectivity index (χ2v) is 8.98. The van der Waals surface area contributed by atoms with Gasteiger partial charge < -0.3 is 10.1 Å². The zero-order chi connectivity index (χ0) is 23.2. The van der Waals surface area contributed by atoms with Gasteiger partial charge in [0.05, 0.1) is 10.6 Å². The van der Waals surface area contributed by atoms with Gasteiger partial charge >= 0.3 is 0 Å². The summed E-state index contributed by atoms with van der Waals surface area (Å²) in [6, 6.07) is 24.3. The maximum Gasteiger partial charge on any atom is 0.270 e. The van der Waals surface area contributed by atoms with Crippen molar-refractivity contribution in [3.63, 3.8) is 0 Å². The summed E-state index contributed by atoms with van der Waals surface area (Å²) >= 11 is 6.68. The lowest BCUT2D eigenvalue weighted by molar-refractivity contribution is -0.118. The molecule has 0 spiro atoms. The van der Waals surface area contributed by atoms with Crippen LogP contribution in [0.1, 0.15) is 18.1 Å². The predicted molar refractivity (Wildman–Crippen MR) is 138 cm³/mol. The molecule has 33 heavy (non-hydrogen) atoms. The van der Waals surface area contributed by atoms with E-state index in [1.807, 2.05) is 66.7 Å². The number of ether oxygens (including phenoxy) is 1. The molecule has 0 unspecified atom stereocenters. The largest absolute Gasteiger partial charge is 0.484 e. The first-order chi connectivity index (χ1) is 16.0. The molecule has 1 heterocycles. The Balaban J connectivity index is 1.34. The number of carbonyl (C=O) groups is 2. The third kappa shape index (κ3) is 5.69. The number of amides is 2. The minimum absolute atomic E-state index is 0.0926. The predicted octanol–water partition coefficient (Wildman–Crippen LogP) is 5.67. The minimum atomic E-state index is -0.229. The molecule has 0 radical (unpaired) electrons. The van der Waals surface area contributed by atoms with Crippen molar-refractivity contribution in [1.29, 1.82) is 0 Å². The van der Waals surface area contributed by atoms with Gasteiger partial charge in [0.1, 0.15) is 5.75 Å². The fraction of sp³-hybridized carbons (Fsp3) is 0.115. The molecule has 2 amide bonds. The van der Waals surface area contributed by atoms with Gasteiger partial charge in [0.25, 0.3) is 11.8 Å². The van der Waals surface area contributed by atoms with Crippen LogP contribution in [0.5, 0.6) is 5.75 Å². The molecule has 7 heteroatoms. The summed E-state index contributed by atoms with van der Waals surface area (Å²) in [7, 11) is 0. The van der Waals surface area contributed by atoms with E-state index in [0.717, 1.165) is 23.4 Å². The van der Waals surface area contributed by atoms with Crippen LogP contribution in [0, 0.1) is 0 Å². The molecule has 4 rings (SSSR count). The minimum Gasteiger partial charge on any atom is -0.484 e. The highest BCUT2D eigenvalue weighted by atomic mass is 32.2. The fourth-order valence-electron chi connectivity index (χ4n) is 3.25. The lowest BCUT2D eigenvalue weighted by Crippen LogP contribution is -2.27. The van der Waals surface area contributed by atoms with Crippen molar-refractivity contribution < 1.29 is 14.3 Å². The third-order valence-corrected chi connectivity index (χ3v) is 6.30. The van der Waals surface area contributed by atoms with Crippen molar-refractivity contribution in [3.05, 3.63) is 94.9 Å². The molecule has 3 aromatic rings. The Bertz CT molecular complexity index is 1190. The topological polar surface area (TPSA) is 58.6 Å². The molecule has 5 nitrogen and oxygen atoms in total. The Morgan fingerprint density at radius 2 is 1.73 bits per heavy atom. The van der Waals surface area contributed by atoms with Crippen LogP contribution < -0.4 is 15.0 Å². The highest BCUT2D eigenvalue weighted by Crippen LogP contribution is 2.36. The van der Waals surface area contributed by atoms with E-state index in [-0.39, 0.29) is 18.4 Å². The van der Waals surface area contributed by atoms with E-state index in [0.29, 0.717) is 15.0 Å². The van der Waals surface area contributed by atoms with Gasteiger partial charge in [0, 0.05) is 5.69 Å². The van der Waals surface area contributed by atoms with Crippen molar-refractivity contribution in [1.82, 2.24) is 0 Å². The summed E-state index contributed by atoms with van der Waals surface area (Å²) in [6.45, 7) is 1.99. The maximum atomic E-state index is 12.8. The Morgan fingerprint density at radius 3 is 2.39 bits per heavy atom. The van der Waals surface area contributed by atoms with Crippen molar-refractivity contribution in [3.8, 4) is 5.75 Å². The van der Waals surface area contributed by atoms with E-state index in [1.165, 1.54) is 22.2 Å². The molecule has 0 aromatic heterocycles. The van der Waals surface area contributed by atoms with Gasteiger partial charge in [-0.05, 0) is 60.0 Å². The average molecular weight is 475 g/mol. The monoisotopic (exact) mass is 474 g/mol. The highest BCUT2D eigenvalue weighted by Gasteiger charge is 2.33. The fourth-order valence-corrected chi connectivity index (χ4v) is 4.55. The first kappa shape index (κ1) is 22.8. The van der Waals surface area contributed by atoms with Gasteiger partial charge in [0.15, 0.2) is 10.9 Å². The molecule has 0 aliphatic carbocycles. The Morgan fingerprint density at radius 1 is 1.03 bits per heavy atom. The molecule has 0 bridgehead atoms. The summed E-state index contributed by atoms with van der Waals surface area (Å²) in [4.78, 5) is 27.1. The van der Waals surface area contributed by atoms with Crippen molar-refractivity contribution in [2.45, 2.75) is 13.3 Å². The zero-order valence-corrected chi connectivity index (χ0v) is 19.6. The molecule has 1 fully saturated rings. The summed E-state index contributed by atoms with van der Waals surface area (Å²) in [6.07, 6.45) is 2.76. The van der Waals surface area contributed by atoms with Crippen LogP contribution >= 0.6 is 24.0 Å². The smallest absolute Gasteiger partial charge is 0.270 e. The highest BCUT2D eigenvalue weighted by molar-refractivity contribution is 8.27. The molecule has 3 aromatic carbocycles. The van der Waals surface area contributed by atoms with Crippen LogP contribution in [0.15, 0.2) is 83.8 Å². The molecule has 1 aliphatic heterocycles. The second-order valence-electron chi connectivity index (χ2n) is 7.31. The summed E-state index contributed by atoms with van der Waals surface area (Å²) in [5.74, 6) is 0.202. The number of hydrogen-bond donors (Lipinski definition) is 1. The molecule has 0 saturated carbocycles. The van der Waals surface area contributed by atoms with Gasteiger partial charge in [-0.3, -0.25) is 14.5 Å². The summed E-state index contributed by atoms with van der Waals surface area (Å²) in [5.41, 5.74) is 3.55. The van der Waals surface area contributed by atoms with Gasteiger partial charge in [0.2, 0.25) is 0 Å². The van der Waals surface area contributed by atoms with Crippen LogP contribution in [0.4, 0.5) is 11.4 Å². The number of para-hydroxylation sites is 1. The lowest BCUT2D eigenvalue weighted by atomic mass is 10.1. The number of carbonyl (C=O) groups excluding carboxylic acids is 2. The first-order valence-electron chi connectivity index (χ1n) is 10.5. The van der Waals surface area contributed by atoms with E-state index in [1.54, 1.807) is 18.2 Å². The number of thioether (sulfide) groups is 1. The second kappa shape index (κ2) is 10.5. The number of nitrogens with one attached hydrogen (secondary N) is 1. The first-order valence-corrected chi connectivity index (χ1v) is 11.7. The van der Waals surface area contributed by atoms with E-state index < -0.39 is 0 Å². The summed E-state index contributed by atoms with van der Waals surface area (Å²) in [5, 5.41) is 2.82. The van der Waals surface area contributed by atoms with Gasteiger partial charge in [-0.25, -0.2) is 0 Å². The Hall–Kier alpha value is -3.42. The zero-order valence-electron chi connectivity index (χ0n) is 18.0. The Kier molecular flexibility index (Phi) is 7.22. The molecule has 0 atom stereocenters. The average Bonchev–Trinajstić information content (AvgIpc) is 3.12. The van der Waals surface area contributed by atoms with Crippen LogP contribution in [-0.2, 0) is 16.0 Å². The van der Waals surface area contributed by atoms with Crippen molar-refractivity contribution in [2.24, 2.45) is 0 Å². The maximum absolute atomic E-state index is 12.8. The number of nitrogens with zero attached hydrogens (tertiary/aromatic N) is 1. The number of anilines is 2. The van der Waals surface area contributed by atoms with Crippen LogP contribution in [0.3, 0.4) is 0 Å². The van der Waals surface area contributed by atoms with E-state index in [2.05, 4.69) is 12.2 Å². The van der Waals surface area contributed by atoms with Crippen molar-refractivity contribution in [2.75, 3.05) is 16.8 Å². The van der Waals surface area contributed by atoms with E-state index >= 15 is 0 Å². The van der Waals surface area contributed by atoms with E-state index in [9.17, 15) is 9.59 Å². The van der Waals surface area contributed by atoms with Crippen LogP contribution in [0.2, 0.25) is 0 Å². The molecular weight excluding hydrogens is 452 g/mol. The van der Waals surface area contributed by atoms with Crippen LogP contribution in [-0.4, -0.2) is 22.7 Å². The van der Waals surface area contributed by atoms with Gasteiger partial charge in [-0.15, -0.1) is 0 Å². The number of thiocarbonyl (C=S) groups is 1. The van der Waals surface area contributed by atoms with E-state index in [4.69, 9.17) is 17.0 Å². The molecular formula is C26H22N2O3S2. The standard InChI is InChI=1S/C26H22N2O3S2/c1-2-18-8-12-20(13-9-18)27-24(29)17-31-22-14-10-19(11-15-22)16-23-25(30)28(26(32)33-23)21-6-4-3-5-7-21/h3-16H,2,17H2,1H3,(H,27,29)/b23-16-.